The Balaban J connectivity index is 0. The molecule has 0 fully saturated rings. The minimum Gasteiger partial charge on any atom is -1.00 e. The number of hydrogen-bond donors (Lipinski definition) is 2. The number of carbonyl (C=O) groups excluding carboxylic acids is 1. The first-order valence-electron chi connectivity index (χ1n) is 3.18. The van der Waals surface area contributed by atoms with Crippen LogP contribution in [0.2, 0.25) is 0 Å². The van der Waals surface area contributed by atoms with E-state index in [-0.39, 0.29) is 24.9 Å². The van der Waals surface area contributed by atoms with Crippen molar-refractivity contribution in [3.05, 3.63) is 12.2 Å². The number of quaternary nitrogens is 1. The maximum atomic E-state index is 10.9. The molecule has 0 aromatic carbocycles. The molecular formula is C7H14ClNO2. The Morgan fingerprint density at radius 1 is 1.64 bits per heavy atom. The van der Waals surface area contributed by atoms with E-state index in [2.05, 4.69) is 6.58 Å². The molecule has 0 aliphatic carbocycles. The number of halogens is 1. The molecule has 66 valence electrons. The van der Waals surface area contributed by atoms with Gasteiger partial charge in [0, 0.05) is 0 Å². The minimum absolute atomic E-state index is 0. The molecule has 0 spiro atoms. The van der Waals surface area contributed by atoms with Crippen LogP contribution < -0.4 is 17.3 Å². The van der Waals surface area contributed by atoms with E-state index in [1.165, 1.54) is 0 Å². The molecule has 0 aliphatic heterocycles. The Bertz CT molecular complexity index is 147. The fraction of sp³-hybridized carbons (Fsp3) is 0.571. The van der Waals surface area contributed by atoms with Crippen LogP contribution >= 0.6 is 0 Å². The Hall–Kier alpha value is -0.380. The van der Waals surface area contributed by atoms with Crippen molar-refractivity contribution in [2.45, 2.75) is 6.92 Å². The van der Waals surface area contributed by atoms with Crippen LogP contribution in [-0.2, 0) is 4.79 Å². The minimum atomic E-state index is -0.0149. The van der Waals surface area contributed by atoms with Crippen molar-refractivity contribution < 1.29 is 27.2 Å². The van der Waals surface area contributed by atoms with Crippen molar-refractivity contribution in [1.82, 2.24) is 0 Å². The van der Waals surface area contributed by atoms with Crippen molar-refractivity contribution in [3.8, 4) is 0 Å². The number of aliphatic hydroxyl groups is 1. The summed E-state index contributed by atoms with van der Waals surface area (Å²) in [6.45, 7) is 5.48. The molecule has 3 nitrogen and oxygen atoms in total. The van der Waals surface area contributed by atoms with E-state index >= 15 is 0 Å². The molecule has 0 bridgehead atoms. The monoisotopic (exact) mass is 179 g/mol. The molecule has 0 saturated heterocycles. The number of carbonyl (C=O) groups is 1. The van der Waals surface area contributed by atoms with Gasteiger partial charge in [-0.3, -0.25) is 4.79 Å². The van der Waals surface area contributed by atoms with E-state index in [1.807, 2.05) is 0 Å². The smallest absolute Gasteiger partial charge is 0.212 e. The SMILES string of the molecule is C=C(C)C(=O)C[NH+](C)CO.[Cl-]. The summed E-state index contributed by atoms with van der Waals surface area (Å²) in [7, 11) is 1.75. The fourth-order valence-electron chi connectivity index (χ4n) is 0.481. The fourth-order valence-corrected chi connectivity index (χ4v) is 0.481. The van der Waals surface area contributed by atoms with Crippen molar-refractivity contribution in [3.63, 3.8) is 0 Å². The van der Waals surface area contributed by atoms with E-state index in [1.54, 1.807) is 14.0 Å². The molecule has 0 rings (SSSR count). The highest BCUT2D eigenvalue weighted by Gasteiger charge is 2.07. The van der Waals surface area contributed by atoms with Crippen LogP contribution in [0.1, 0.15) is 6.92 Å². The number of Topliss-reactive ketones (excluding diaryl/α,β-unsaturated/α-hetero) is 1. The lowest BCUT2D eigenvalue weighted by atomic mass is 10.2. The third-order valence-electron chi connectivity index (χ3n) is 1.21. The van der Waals surface area contributed by atoms with Gasteiger partial charge in [0.25, 0.3) is 0 Å². The van der Waals surface area contributed by atoms with Gasteiger partial charge >= 0.3 is 0 Å². The average molecular weight is 180 g/mol. The second kappa shape index (κ2) is 6.34. The van der Waals surface area contributed by atoms with E-state index in [0.717, 1.165) is 4.90 Å². The van der Waals surface area contributed by atoms with Gasteiger partial charge in [0.05, 0.1) is 7.05 Å². The van der Waals surface area contributed by atoms with E-state index in [0.29, 0.717) is 12.1 Å². The molecule has 0 aromatic heterocycles. The predicted octanol–water partition coefficient (Wildman–Crippen LogP) is -4.40. The Morgan fingerprint density at radius 3 is 2.36 bits per heavy atom. The Labute approximate surface area is 73.1 Å². The van der Waals surface area contributed by atoms with Gasteiger partial charge in [0.2, 0.25) is 5.78 Å². The van der Waals surface area contributed by atoms with Crippen LogP contribution in [0, 0.1) is 0 Å². The van der Waals surface area contributed by atoms with Gasteiger partial charge in [-0.15, -0.1) is 0 Å². The molecule has 0 heterocycles. The standard InChI is InChI=1S/C7H13NO2.ClH/c1-6(2)7(10)4-8(3)5-9;/h9H,1,4-5H2,2-3H3;1H. The summed E-state index contributed by atoms with van der Waals surface area (Å²) in [5.41, 5.74) is 0.549. The molecule has 1 unspecified atom stereocenters. The zero-order valence-electron chi connectivity index (χ0n) is 6.85. The van der Waals surface area contributed by atoms with Crippen molar-refractivity contribution in [2.24, 2.45) is 0 Å². The van der Waals surface area contributed by atoms with Crippen LogP contribution in [0.15, 0.2) is 12.2 Å². The van der Waals surface area contributed by atoms with Gasteiger partial charge in [-0.2, -0.15) is 0 Å². The molecule has 0 saturated carbocycles. The van der Waals surface area contributed by atoms with Crippen LogP contribution in [0.3, 0.4) is 0 Å². The lowest BCUT2D eigenvalue weighted by Crippen LogP contribution is -3.10. The van der Waals surface area contributed by atoms with Crippen LogP contribution in [0.4, 0.5) is 0 Å². The first-order chi connectivity index (χ1) is 4.57. The van der Waals surface area contributed by atoms with Crippen LogP contribution in [-0.4, -0.2) is 31.2 Å². The summed E-state index contributed by atoms with van der Waals surface area (Å²) in [5, 5.41) is 8.55. The highest BCUT2D eigenvalue weighted by atomic mass is 35.5. The molecule has 2 N–H and O–H groups in total. The number of rotatable bonds is 4. The van der Waals surface area contributed by atoms with E-state index in [4.69, 9.17) is 5.11 Å². The Morgan fingerprint density at radius 2 is 2.09 bits per heavy atom. The maximum absolute atomic E-state index is 10.9. The summed E-state index contributed by atoms with van der Waals surface area (Å²) in [4.78, 5) is 11.7. The average Bonchev–Trinajstić information content (AvgIpc) is 1.87. The van der Waals surface area contributed by atoms with Crippen molar-refractivity contribution in [2.75, 3.05) is 20.3 Å². The van der Waals surface area contributed by atoms with Crippen LogP contribution in [0.5, 0.6) is 0 Å². The van der Waals surface area contributed by atoms with Gasteiger partial charge < -0.3 is 22.4 Å². The quantitative estimate of drug-likeness (QED) is 0.338. The lowest BCUT2D eigenvalue weighted by Gasteiger charge is -2.07. The second-order valence-electron chi connectivity index (χ2n) is 2.50. The zero-order chi connectivity index (χ0) is 8.15. The largest absolute Gasteiger partial charge is 1.00 e. The van der Waals surface area contributed by atoms with Gasteiger partial charge in [-0.1, -0.05) is 6.58 Å². The lowest BCUT2D eigenvalue weighted by molar-refractivity contribution is -0.891. The van der Waals surface area contributed by atoms with Gasteiger partial charge in [-0.25, -0.2) is 0 Å². The summed E-state index contributed by atoms with van der Waals surface area (Å²) < 4.78 is 0. The third-order valence-corrected chi connectivity index (χ3v) is 1.21. The van der Waals surface area contributed by atoms with Crippen molar-refractivity contribution >= 4 is 5.78 Å². The molecule has 11 heavy (non-hydrogen) atoms. The topological polar surface area (TPSA) is 41.7 Å². The first kappa shape index (κ1) is 13.2. The van der Waals surface area contributed by atoms with E-state index in [9.17, 15) is 4.79 Å². The van der Waals surface area contributed by atoms with Crippen molar-refractivity contribution in [1.29, 1.82) is 0 Å². The van der Waals surface area contributed by atoms with Crippen LogP contribution in [0.25, 0.3) is 0 Å². The van der Waals surface area contributed by atoms with Gasteiger partial charge in [0.15, 0.2) is 6.73 Å². The highest BCUT2D eigenvalue weighted by molar-refractivity contribution is 5.94. The van der Waals surface area contributed by atoms with E-state index < -0.39 is 0 Å². The number of likely N-dealkylation sites (N-methyl/N-ethyl adjacent to an activating group) is 1. The number of aliphatic hydroxyl groups excluding tert-OH is 1. The molecule has 0 radical (unpaired) electrons. The summed E-state index contributed by atoms with van der Waals surface area (Å²) in [6, 6.07) is 0. The molecule has 4 heteroatoms. The number of hydrogen-bond acceptors (Lipinski definition) is 2. The predicted molar refractivity (Wildman–Crippen MR) is 38.7 cm³/mol. The summed E-state index contributed by atoms with van der Waals surface area (Å²) in [6.07, 6.45) is 0. The number of nitrogens with one attached hydrogen (secondary N) is 1. The number of ketones is 1. The molecular weight excluding hydrogens is 166 g/mol. The van der Waals surface area contributed by atoms with Gasteiger partial charge in [0.1, 0.15) is 6.54 Å². The summed E-state index contributed by atoms with van der Waals surface area (Å²) >= 11 is 0. The normalized spacial score (nSPS) is 11.5. The highest BCUT2D eigenvalue weighted by Crippen LogP contribution is 1.84. The van der Waals surface area contributed by atoms with Gasteiger partial charge in [-0.05, 0) is 12.5 Å². The summed E-state index contributed by atoms with van der Waals surface area (Å²) in [5.74, 6) is 0.00606. The second-order valence-corrected chi connectivity index (χ2v) is 2.50. The molecule has 0 aromatic rings. The zero-order valence-corrected chi connectivity index (χ0v) is 7.61. The molecule has 0 amide bonds. The Kier molecular flexibility index (Phi) is 7.62. The molecule has 1 atom stereocenters. The first-order valence-corrected chi connectivity index (χ1v) is 3.18. The third kappa shape index (κ3) is 6.04. The molecule has 0 aliphatic rings. The maximum Gasteiger partial charge on any atom is 0.212 e.